The fraction of sp³-hybridized carbons (Fsp3) is 0.520. The van der Waals surface area contributed by atoms with Crippen molar-refractivity contribution in [1.29, 1.82) is 0 Å². The van der Waals surface area contributed by atoms with Gasteiger partial charge in [0.15, 0.2) is 0 Å². The average Bonchev–Trinajstić information content (AvgIpc) is 3.33. The second-order valence-corrected chi connectivity index (χ2v) is 14.0. The summed E-state index contributed by atoms with van der Waals surface area (Å²) in [6.07, 6.45) is 2.46. The molecule has 0 aromatic heterocycles. The summed E-state index contributed by atoms with van der Waals surface area (Å²) in [6, 6.07) is 22.7. The highest BCUT2D eigenvalue weighted by atomic mass is 28.4. The predicted molar refractivity (Wildman–Crippen MR) is 125 cm³/mol. The van der Waals surface area contributed by atoms with E-state index in [0.29, 0.717) is 0 Å². The molecule has 2 heterocycles. The molecular weight excluding hydrogens is 372 g/mol. The lowest BCUT2D eigenvalue weighted by Crippen LogP contribution is -2.66. The Labute approximate surface area is 177 Å². The van der Waals surface area contributed by atoms with Crippen molar-refractivity contribution < 1.29 is 4.43 Å². The highest BCUT2D eigenvalue weighted by Gasteiger charge is 2.50. The normalized spacial score (nSPS) is 22.7. The summed E-state index contributed by atoms with van der Waals surface area (Å²) in [5.74, 6) is 0.868. The molecule has 156 valence electrons. The molecule has 2 unspecified atom stereocenters. The van der Waals surface area contributed by atoms with Crippen molar-refractivity contribution in [2.45, 2.75) is 44.7 Å². The van der Waals surface area contributed by atoms with E-state index in [4.69, 9.17) is 4.43 Å². The quantitative estimate of drug-likeness (QED) is 0.562. The van der Waals surface area contributed by atoms with Gasteiger partial charge in [0.25, 0.3) is 8.32 Å². The number of likely N-dealkylation sites (tertiary alicyclic amines) is 1. The smallest absolute Gasteiger partial charge is 0.261 e. The molecule has 3 nitrogen and oxygen atoms in total. The highest BCUT2D eigenvalue weighted by molar-refractivity contribution is 6.99. The van der Waals surface area contributed by atoms with Gasteiger partial charge < -0.3 is 9.74 Å². The van der Waals surface area contributed by atoms with Crippen LogP contribution in [0.3, 0.4) is 0 Å². The Kier molecular flexibility index (Phi) is 6.26. The van der Waals surface area contributed by atoms with Crippen LogP contribution in [0.5, 0.6) is 0 Å². The molecule has 4 rings (SSSR count). The van der Waals surface area contributed by atoms with E-state index >= 15 is 0 Å². The maximum Gasteiger partial charge on any atom is 0.261 e. The van der Waals surface area contributed by atoms with Crippen LogP contribution in [-0.4, -0.2) is 52.0 Å². The number of fused-ring (bicyclic) bond motifs is 1. The molecule has 4 heteroatoms. The van der Waals surface area contributed by atoms with Gasteiger partial charge in [0, 0.05) is 25.7 Å². The van der Waals surface area contributed by atoms with E-state index in [2.05, 4.69) is 91.7 Å². The van der Waals surface area contributed by atoms with E-state index in [1.165, 1.54) is 36.4 Å². The SMILES string of the molecule is CC(C)(C)[Si](OCCCN1CCC2CNCC21)(c1ccccc1)c1ccccc1. The lowest BCUT2D eigenvalue weighted by molar-refractivity contribution is 0.215. The van der Waals surface area contributed by atoms with Gasteiger partial charge in [-0.05, 0) is 47.3 Å². The Balaban J connectivity index is 1.53. The lowest BCUT2D eigenvalue weighted by atomic mass is 10.1. The van der Waals surface area contributed by atoms with Crippen LogP contribution in [0, 0.1) is 5.92 Å². The number of nitrogens with zero attached hydrogens (tertiary/aromatic N) is 1. The molecule has 29 heavy (non-hydrogen) atoms. The minimum absolute atomic E-state index is 0.0593. The van der Waals surface area contributed by atoms with Gasteiger partial charge in [-0.1, -0.05) is 81.4 Å². The second kappa shape index (κ2) is 8.72. The van der Waals surface area contributed by atoms with Crippen LogP contribution in [-0.2, 0) is 4.43 Å². The summed E-state index contributed by atoms with van der Waals surface area (Å²) in [5.41, 5.74) is 0. The minimum atomic E-state index is -2.38. The van der Waals surface area contributed by atoms with Crippen LogP contribution >= 0.6 is 0 Å². The van der Waals surface area contributed by atoms with Gasteiger partial charge in [-0.15, -0.1) is 0 Å². The standard InChI is InChI=1S/C25H36N2OSi/c1-25(2,3)29(22-11-6-4-7-12-22,23-13-8-5-9-14-23)28-18-10-16-27-17-15-21-19-26-20-24(21)27/h4-9,11-14,21,24,26H,10,15-20H2,1-3H3. The molecule has 2 saturated heterocycles. The summed E-state index contributed by atoms with van der Waals surface area (Å²) in [7, 11) is -2.38. The van der Waals surface area contributed by atoms with Crippen LogP contribution < -0.4 is 15.7 Å². The number of rotatable bonds is 7. The number of hydrogen-bond acceptors (Lipinski definition) is 3. The van der Waals surface area contributed by atoms with Crippen LogP contribution in [0.15, 0.2) is 60.7 Å². The Morgan fingerprint density at radius 1 is 0.966 bits per heavy atom. The molecule has 2 aliphatic rings. The van der Waals surface area contributed by atoms with Crippen molar-refractivity contribution in [3.63, 3.8) is 0 Å². The number of nitrogens with one attached hydrogen (secondary N) is 1. The van der Waals surface area contributed by atoms with Crippen molar-refractivity contribution in [2.24, 2.45) is 5.92 Å². The largest absolute Gasteiger partial charge is 0.407 e. The van der Waals surface area contributed by atoms with Crippen LogP contribution in [0.1, 0.15) is 33.6 Å². The molecule has 0 radical (unpaired) electrons. The Morgan fingerprint density at radius 2 is 1.59 bits per heavy atom. The molecule has 2 atom stereocenters. The monoisotopic (exact) mass is 408 g/mol. The summed E-state index contributed by atoms with van der Waals surface area (Å²) in [6.45, 7) is 12.7. The fourth-order valence-corrected chi connectivity index (χ4v) is 10.1. The summed E-state index contributed by atoms with van der Waals surface area (Å²) < 4.78 is 7.03. The maximum absolute atomic E-state index is 7.03. The third kappa shape index (κ3) is 4.09. The van der Waals surface area contributed by atoms with Gasteiger partial charge in [-0.25, -0.2) is 0 Å². The van der Waals surface area contributed by atoms with Gasteiger partial charge in [0.2, 0.25) is 0 Å². The van der Waals surface area contributed by atoms with E-state index in [-0.39, 0.29) is 5.04 Å². The predicted octanol–water partition coefficient (Wildman–Crippen LogP) is 3.25. The molecule has 2 aliphatic heterocycles. The minimum Gasteiger partial charge on any atom is -0.407 e. The summed E-state index contributed by atoms with van der Waals surface area (Å²) in [4.78, 5) is 2.69. The summed E-state index contributed by atoms with van der Waals surface area (Å²) >= 11 is 0. The maximum atomic E-state index is 7.03. The molecule has 1 N–H and O–H groups in total. The Hall–Kier alpha value is -1.46. The van der Waals surface area contributed by atoms with Crippen molar-refractivity contribution in [3.05, 3.63) is 60.7 Å². The van der Waals surface area contributed by atoms with E-state index in [1.54, 1.807) is 0 Å². The zero-order valence-electron chi connectivity index (χ0n) is 18.2. The van der Waals surface area contributed by atoms with E-state index in [9.17, 15) is 0 Å². The molecule has 0 saturated carbocycles. The molecule has 0 bridgehead atoms. The third-order valence-electron chi connectivity index (χ3n) is 6.89. The zero-order valence-corrected chi connectivity index (χ0v) is 19.2. The molecule has 0 spiro atoms. The topological polar surface area (TPSA) is 24.5 Å². The number of hydrogen-bond donors (Lipinski definition) is 1. The molecule has 2 aromatic carbocycles. The highest BCUT2D eigenvalue weighted by Crippen LogP contribution is 2.37. The van der Waals surface area contributed by atoms with Crippen LogP contribution in [0.2, 0.25) is 5.04 Å². The van der Waals surface area contributed by atoms with Crippen molar-refractivity contribution in [3.8, 4) is 0 Å². The molecule has 2 fully saturated rings. The van der Waals surface area contributed by atoms with Gasteiger partial charge in [0.1, 0.15) is 0 Å². The molecule has 0 aliphatic carbocycles. The van der Waals surface area contributed by atoms with Crippen molar-refractivity contribution in [2.75, 3.05) is 32.8 Å². The van der Waals surface area contributed by atoms with Gasteiger partial charge in [-0.2, -0.15) is 0 Å². The van der Waals surface area contributed by atoms with E-state index < -0.39 is 8.32 Å². The first-order valence-electron chi connectivity index (χ1n) is 11.2. The average molecular weight is 409 g/mol. The first-order valence-corrected chi connectivity index (χ1v) is 13.1. The van der Waals surface area contributed by atoms with Crippen molar-refractivity contribution in [1.82, 2.24) is 10.2 Å². The lowest BCUT2D eigenvalue weighted by Gasteiger charge is -2.43. The van der Waals surface area contributed by atoms with Gasteiger partial charge in [0.05, 0.1) is 0 Å². The molecule has 0 amide bonds. The van der Waals surface area contributed by atoms with E-state index in [0.717, 1.165) is 31.5 Å². The second-order valence-electron chi connectivity index (χ2n) is 9.68. The van der Waals surface area contributed by atoms with Gasteiger partial charge in [-0.3, -0.25) is 4.90 Å². The first kappa shape index (κ1) is 20.8. The van der Waals surface area contributed by atoms with Crippen LogP contribution in [0.4, 0.5) is 0 Å². The number of benzene rings is 2. The van der Waals surface area contributed by atoms with Gasteiger partial charge >= 0.3 is 0 Å². The zero-order chi connectivity index (χ0) is 20.3. The Morgan fingerprint density at radius 3 is 2.17 bits per heavy atom. The molecular formula is C25H36N2OSi. The van der Waals surface area contributed by atoms with Crippen molar-refractivity contribution >= 4 is 18.7 Å². The molecule has 2 aromatic rings. The Bertz CT molecular complexity index is 735. The van der Waals surface area contributed by atoms with Crippen LogP contribution in [0.25, 0.3) is 0 Å². The van der Waals surface area contributed by atoms with E-state index in [1.807, 2.05) is 0 Å². The summed E-state index contributed by atoms with van der Waals surface area (Å²) in [5, 5.41) is 6.37. The first-order chi connectivity index (χ1) is 14.0. The fourth-order valence-electron chi connectivity index (χ4n) is 5.47. The third-order valence-corrected chi connectivity index (χ3v) is 11.9.